The maximum atomic E-state index is 11.7. The van der Waals surface area contributed by atoms with E-state index < -0.39 is 6.67 Å². The van der Waals surface area contributed by atoms with Gasteiger partial charge in [-0.05, 0) is 6.42 Å². The molecule has 0 atom stereocenters. The Bertz CT molecular complexity index is 175. The van der Waals surface area contributed by atoms with E-state index in [2.05, 4.69) is 6.92 Å². The number of hydrogen-bond acceptors (Lipinski definition) is 5. The third kappa shape index (κ3) is 19.7. The van der Waals surface area contributed by atoms with Gasteiger partial charge >= 0.3 is 0 Å². The molecule has 6 heteroatoms. The lowest BCUT2D eigenvalue weighted by Crippen LogP contribution is -2.13. The third-order valence-electron chi connectivity index (χ3n) is 2.85. The summed E-state index contributed by atoms with van der Waals surface area (Å²) >= 11 is 0. The molecule has 0 heterocycles. The van der Waals surface area contributed by atoms with E-state index in [0.29, 0.717) is 52.9 Å². The minimum Gasteiger partial charge on any atom is -0.379 e. The van der Waals surface area contributed by atoms with E-state index in [0.717, 1.165) is 13.0 Å². The highest BCUT2D eigenvalue weighted by molar-refractivity contribution is 4.40. The highest BCUT2D eigenvalue weighted by Gasteiger charge is 1.93. The zero-order chi connectivity index (χ0) is 16.1. The number of alkyl halides is 1. The monoisotopic (exact) mass is 324 g/mol. The van der Waals surface area contributed by atoms with Crippen LogP contribution < -0.4 is 0 Å². The minimum atomic E-state index is -0.451. The fourth-order valence-electron chi connectivity index (χ4n) is 1.67. The van der Waals surface area contributed by atoms with Gasteiger partial charge in [0.15, 0.2) is 0 Å². The van der Waals surface area contributed by atoms with E-state index >= 15 is 0 Å². The van der Waals surface area contributed by atoms with Crippen LogP contribution in [0.15, 0.2) is 0 Å². The molecule has 0 saturated heterocycles. The van der Waals surface area contributed by atoms with Crippen LogP contribution in [-0.2, 0) is 23.7 Å². The first-order valence-electron chi connectivity index (χ1n) is 8.36. The van der Waals surface area contributed by atoms with E-state index in [1.54, 1.807) is 0 Å². The van der Waals surface area contributed by atoms with Crippen LogP contribution in [0.4, 0.5) is 4.39 Å². The molecule has 22 heavy (non-hydrogen) atoms. The normalized spacial score (nSPS) is 11.2. The van der Waals surface area contributed by atoms with Crippen molar-refractivity contribution < 1.29 is 28.1 Å². The van der Waals surface area contributed by atoms with Gasteiger partial charge in [0.2, 0.25) is 0 Å². The van der Waals surface area contributed by atoms with Crippen molar-refractivity contribution in [3.8, 4) is 0 Å². The molecule has 0 N–H and O–H groups in total. The molecule has 0 radical (unpaired) electrons. The van der Waals surface area contributed by atoms with Crippen molar-refractivity contribution in [1.29, 1.82) is 0 Å². The number of unbranched alkanes of at least 4 members (excludes halogenated alkanes) is 3. The molecule has 0 aromatic carbocycles. The van der Waals surface area contributed by atoms with Crippen molar-refractivity contribution >= 4 is 0 Å². The lowest BCUT2D eigenvalue weighted by molar-refractivity contribution is -0.0119. The number of ether oxygens (including phenoxy) is 5. The first kappa shape index (κ1) is 21.7. The van der Waals surface area contributed by atoms with Crippen molar-refractivity contribution in [2.75, 3.05) is 72.7 Å². The van der Waals surface area contributed by atoms with Crippen LogP contribution in [0.2, 0.25) is 0 Å². The smallest absolute Gasteiger partial charge is 0.113 e. The molecular formula is C16H33FO5. The summed E-state index contributed by atoms with van der Waals surface area (Å²) in [5.41, 5.74) is 0. The van der Waals surface area contributed by atoms with Crippen molar-refractivity contribution in [3.05, 3.63) is 0 Å². The van der Waals surface area contributed by atoms with Crippen LogP contribution in [-0.4, -0.2) is 72.7 Å². The van der Waals surface area contributed by atoms with Crippen molar-refractivity contribution in [1.82, 2.24) is 0 Å². The predicted octanol–water partition coefficient (Wildman–Crippen LogP) is 2.62. The molecule has 0 fully saturated rings. The van der Waals surface area contributed by atoms with Crippen LogP contribution in [0.5, 0.6) is 0 Å². The Kier molecular flexibility index (Phi) is 20.5. The maximum absolute atomic E-state index is 11.7. The van der Waals surface area contributed by atoms with Crippen molar-refractivity contribution in [3.63, 3.8) is 0 Å². The van der Waals surface area contributed by atoms with E-state index in [4.69, 9.17) is 23.7 Å². The summed E-state index contributed by atoms with van der Waals surface area (Å²) in [6.45, 7) is 7.02. The summed E-state index contributed by atoms with van der Waals surface area (Å²) in [6.07, 6.45) is 4.91. The number of hydrogen-bond donors (Lipinski definition) is 0. The Hall–Kier alpha value is -0.270. The Balaban J connectivity index is 2.91. The second-order valence-electron chi connectivity index (χ2n) is 4.81. The predicted molar refractivity (Wildman–Crippen MR) is 84.2 cm³/mol. The van der Waals surface area contributed by atoms with Gasteiger partial charge in [0.1, 0.15) is 6.67 Å². The van der Waals surface area contributed by atoms with E-state index in [9.17, 15) is 4.39 Å². The fraction of sp³-hybridized carbons (Fsp3) is 1.00. The molecule has 0 bridgehead atoms. The largest absolute Gasteiger partial charge is 0.379 e. The highest BCUT2D eigenvalue weighted by Crippen LogP contribution is 1.98. The molecule has 0 amide bonds. The second-order valence-corrected chi connectivity index (χ2v) is 4.81. The van der Waals surface area contributed by atoms with Gasteiger partial charge in [-0.15, -0.1) is 0 Å². The molecule has 0 aliphatic carbocycles. The average molecular weight is 324 g/mol. The van der Waals surface area contributed by atoms with Crippen molar-refractivity contribution in [2.45, 2.75) is 32.6 Å². The lowest BCUT2D eigenvalue weighted by atomic mass is 10.2. The molecule has 0 spiro atoms. The van der Waals surface area contributed by atoms with Crippen LogP contribution in [0.1, 0.15) is 32.6 Å². The maximum Gasteiger partial charge on any atom is 0.113 e. The summed E-state index contributed by atoms with van der Waals surface area (Å²) in [4.78, 5) is 0. The minimum absolute atomic E-state index is 0.139. The summed E-state index contributed by atoms with van der Waals surface area (Å²) in [7, 11) is 0. The SMILES string of the molecule is CCCCCCOCCOCCOCCOCCOCCF. The van der Waals surface area contributed by atoms with Gasteiger partial charge in [0.25, 0.3) is 0 Å². The lowest BCUT2D eigenvalue weighted by Gasteiger charge is -2.07. The van der Waals surface area contributed by atoms with Gasteiger partial charge in [-0.1, -0.05) is 26.2 Å². The Morgan fingerprint density at radius 3 is 1.32 bits per heavy atom. The van der Waals surface area contributed by atoms with E-state index in [1.807, 2.05) is 0 Å². The van der Waals surface area contributed by atoms with Gasteiger partial charge in [-0.25, -0.2) is 4.39 Å². The molecule has 0 aromatic rings. The zero-order valence-electron chi connectivity index (χ0n) is 14.0. The Morgan fingerprint density at radius 2 is 0.909 bits per heavy atom. The Labute approximate surface area is 134 Å². The summed E-state index contributed by atoms with van der Waals surface area (Å²) in [5, 5.41) is 0. The van der Waals surface area contributed by atoms with E-state index in [-0.39, 0.29) is 6.61 Å². The first-order valence-corrected chi connectivity index (χ1v) is 8.36. The second kappa shape index (κ2) is 20.7. The summed E-state index contributed by atoms with van der Waals surface area (Å²) in [6, 6.07) is 0. The van der Waals surface area contributed by atoms with Gasteiger partial charge < -0.3 is 23.7 Å². The van der Waals surface area contributed by atoms with Gasteiger partial charge in [0, 0.05) is 6.61 Å². The van der Waals surface area contributed by atoms with Gasteiger partial charge in [0.05, 0.1) is 59.5 Å². The average Bonchev–Trinajstić information content (AvgIpc) is 2.54. The molecule has 0 aromatic heterocycles. The van der Waals surface area contributed by atoms with Crippen LogP contribution in [0, 0.1) is 0 Å². The first-order chi connectivity index (χ1) is 10.9. The summed E-state index contributed by atoms with van der Waals surface area (Å²) < 4.78 is 38.1. The van der Waals surface area contributed by atoms with Crippen LogP contribution >= 0.6 is 0 Å². The third-order valence-corrected chi connectivity index (χ3v) is 2.85. The number of halogens is 1. The van der Waals surface area contributed by atoms with Crippen LogP contribution in [0.3, 0.4) is 0 Å². The van der Waals surface area contributed by atoms with Gasteiger partial charge in [-0.3, -0.25) is 0 Å². The van der Waals surface area contributed by atoms with E-state index in [1.165, 1.54) is 19.3 Å². The zero-order valence-corrected chi connectivity index (χ0v) is 14.0. The Morgan fingerprint density at radius 1 is 0.500 bits per heavy atom. The van der Waals surface area contributed by atoms with Gasteiger partial charge in [-0.2, -0.15) is 0 Å². The fourth-order valence-corrected chi connectivity index (χ4v) is 1.67. The molecule has 0 rings (SSSR count). The molecule has 5 nitrogen and oxygen atoms in total. The molecule has 134 valence electrons. The van der Waals surface area contributed by atoms with Crippen molar-refractivity contribution in [2.24, 2.45) is 0 Å². The topological polar surface area (TPSA) is 46.2 Å². The highest BCUT2D eigenvalue weighted by atomic mass is 19.1. The summed E-state index contributed by atoms with van der Waals surface area (Å²) in [5.74, 6) is 0. The molecule has 0 unspecified atom stereocenters. The molecule has 0 aliphatic heterocycles. The van der Waals surface area contributed by atoms with Crippen LogP contribution in [0.25, 0.3) is 0 Å². The molecule has 0 saturated carbocycles. The number of rotatable bonds is 19. The standard InChI is InChI=1S/C16H33FO5/c1-2-3-4-5-7-18-9-11-20-13-15-22-16-14-21-12-10-19-8-6-17/h2-16H2,1H3. The molecule has 0 aliphatic rings. The molecular weight excluding hydrogens is 291 g/mol. The quantitative estimate of drug-likeness (QED) is 0.342.